The molecule has 0 aliphatic heterocycles. The maximum absolute atomic E-state index is 13.0. The lowest BCUT2D eigenvalue weighted by Crippen LogP contribution is -2.07. The number of benzene rings is 3. The lowest BCUT2D eigenvalue weighted by Gasteiger charge is -2.10. The highest BCUT2D eigenvalue weighted by Gasteiger charge is 2.23. The molecule has 0 N–H and O–H groups in total. The molecule has 160 valence electrons. The zero-order valence-electron chi connectivity index (χ0n) is 17.0. The fourth-order valence-electron chi connectivity index (χ4n) is 3.86. The summed E-state index contributed by atoms with van der Waals surface area (Å²) < 4.78 is 38.4. The second kappa shape index (κ2) is 8.01. The maximum atomic E-state index is 13.0. The van der Waals surface area contributed by atoms with E-state index in [0.717, 1.165) is 16.7 Å². The monoisotopic (exact) mass is 445 g/mol. The van der Waals surface area contributed by atoms with Gasteiger partial charge in [0.1, 0.15) is 0 Å². The predicted octanol–water partition coefficient (Wildman–Crippen LogP) is 4.88. The van der Waals surface area contributed by atoms with Gasteiger partial charge in [-0.15, -0.1) is 0 Å². The van der Waals surface area contributed by atoms with Crippen LogP contribution in [0.2, 0.25) is 0 Å². The molecule has 0 saturated heterocycles. The van der Waals surface area contributed by atoms with Gasteiger partial charge in [0.05, 0.1) is 40.6 Å². The van der Waals surface area contributed by atoms with Crippen LogP contribution in [0, 0.1) is 0 Å². The highest BCUT2D eigenvalue weighted by Crippen LogP contribution is 2.32. The van der Waals surface area contributed by atoms with Crippen LogP contribution < -0.4 is 5.63 Å². The molecule has 0 amide bonds. The predicted molar refractivity (Wildman–Crippen MR) is 121 cm³/mol. The lowest BCUT2D eigenvalue weighted by atomic mass is 10.0. The minimum Gasteiger partial charge on any atom is -0.472 e. The molecule has 6 nitrogen and oxygen atoms in total. The molecule has 0 aliphatic rings. The summed E-state index contributed by atoms with van der Waals surface area (Å²) in [5, 5.41) is 0.263. The third-order valence-corrected chi connectivity index (χ3v) is 7.04. The van der Waals surface area contributed by atoms with Gasteiger partial charge in [0.15, 0.2) is 9.84 Å². The summed E-state index contributed by atoms with van der Waals surface area (Å²) in [6.07, 6.45) is 3.13. The van der Waals surface area contributed by atoms with Crippen molar-refractivity contribution in [2.24, 2.45) is 0 Å². The van der Waals surface area contributed by atoms with Gasteiger partial charge >= 0.3 is 5.63 Å². The molecule has 3 aromatic carbocycles. The molecule has 2 aromatic heterocycles. The summed E-state index contributed by atoms with van der Waals surface area (Å²) in [6, 6.07) is 23.1. The highest BCUT2D eigenvalue weighted by molar-refractivity contribution is 7.90. The number of rotatable bonds is 6. The Labute approximate surface area is 184 Å². The van der Waals surface area contributed by atoms with E-state index in [0.29, 0.717) is 17.6 Å². The van der Waals surface area contributed by atoms with Crippen LogP contribution in [-0.2, 0) is 22.1 Å². The summed E-state index contributed by atoms with van der Waals surface area (Å²) in [6.45, 7) is 0.333. The molecule has 2 heterocycles. The van der Waals surface area contributed by atoms with Crippen LogP contribution in [-0.4, -0.2) is 13.2 Å². The van der Waals surface area contributed by atoms with E-state index in [1.807, 2.05) is 30.3 Å². The Morgan fingerprint density at radius 3 is 2.25 bits per heavy atom. The van der Waals surface area contributed by atoms with E-state index in [-0.39, 0.29) is 16.0 Å². The largest absolute Gasteiger partial charge is 0.472 e. The van der Waals surface area contributed by atoms with Crippen LogP contribution in [0.1, 0.15) is 11.1 Å². The standard InChI is InChI=1S/C25H19NO5S/c27-25-23-20(17-32(28,29)21-9-5-2-6-10-21)11-12-22(19-13-14-30-16-19)24(23)26(31-25)15-18-7-3-1-4-8-18/h1-14,16H,15,17H2. The third kappa shape index (κ3) is 3.67. The quantitative estimate of drug-likeness (QED) is 0.372. The van der Waals surface area contributed by atoms with E-state index in [4.69, 9.17) is 8.94 Å². The van der Waals surface area contributed by atoms with Gasteiger partial charge in [-0.1, -0.05) is 60.7 Å². The van der Waals surface area contributed by atoms with E-state index in [1.165, 1.54) is 4.74 Å². The summed E-state index contributed by atoms with van der Waals surface area (Å²) in [5.41, 5.74) is 2.83. The van der Waals surface area contributed by atoms with Gasteiger partial charge in [-0.25, -0.2) is 18.0 Å². The van der Waals surface area contributed by atoms with Crippen LogP contribution in [0.15, 0.2) is 110 Å². The molecule has 5 rings (SSSR count). The second-order valence-electron chi connectivity index (χ2n) is 7.48. The van der Waals surface area contributed by atoms with Crippen LogP contribution in [0.25, 0.3) is 22.0 Å². The molecule has 7 heteroatoms. The smallest absolute Gasteiger partial charge is 0.365 e. The van der Waals surface area contributed by atoms with Gasteiger partial charge in [-0.3, -0.25) is 0 Å². The summed E-state index contributed by atoms with van der Waals surface area (Å²) in [7, 11) is -3.65. The van der Waals surface area contributed by atoms with Crippen molar-refractivity contribution in [1.82, 2.24) is 4.74 Å². The van der Waals surface area contributed by atoms with Crippen molar-refractivity contribution < 1.29 is 17.4 Å². The average Bonchev–Trinajstić information content (AvgIpc) is 3.44. The van der Waals surface area contributed by atoms with E-state index in [1.54, 1.807) is 61.1 Å². The van der Waals surface area contributed by atoms with E-state index in [2.05, 4.69) is 0 Å². The Balaban J connectivity index is 1.69. The molecule has 0 aliphatic carbocycles. The van der Waals surface area contributed by atoms with Crippen LogP contribution >= 0.6 is 0 Å². The van der Waals surface area contributed by atoms with Crippen molar-refractivity contribution in [1.29, 1.82) is 0 Å². The van der Waals surface area contributed by atoms with Crippen LogP contribution in [0.3, 0.4) is 0 Å². The van der Waals surface area contributed by atoms with E-state index >= 15 is 0 Å². The average molecular weight is 445 g/mol. The van der Waals surface area contributed by atoms with Crippen molar-refractivity contribution in [2.75, 3.05) is 0 Å². The summed E-state index contributed by atoms with van der Waals surface area (Å²) >= 11 is 0. The normalized spacial score (nSPS) is 11.8. The first kappa shape index (κ1) is 20.1. The van der Waals surface area contributed by atoms with Crippen LogP contribution in [0.5, 0.6) is 0 Å². The highest BCUT2D eigenvalue weighted by atomic mass is 32.2. The summed E-state index contributed by atoms with van der Waals surface area (Å²) in [5.74, 6) is -0.306. The first-order valence-electron chi connectivity index (χ1n) is 10.0. The Kier molecular flexibility index (Phi) is 5.03. The minimum atomic E-state index is -3.65. The SMILES string of the molecule is O=c1on(Cc2ccccc2)c2c(-c3ccoc3)ccc(CS(=O)(=O)c3ccccc3)c12. The number of hydrogen-bond acceptors (Lipinski definition) is 5. The number of furan rings is 1. The molecule has 0 saturated carbocycles. The Morgan fingerprint density at radius 1 is 0.844 bits per heavy atom. The minimum absolute atomic E-state index is 0.208. The summed E-state index contributed by atoms with van der Waals surface area (Å²) in [4.78, 5) is 13.2. The Hall–Kier alpha value is -3.84. The number of sulfone groups is 1. The van der Waals surface area contributed by atoms with Gasteiger partial charge in [0.2, 0.25) is 0 Å². The zero-order valence-corrected chi connectivity index (χ0v) is 17.8. The lowest BCUT2D eigenvalue weighted by molar-refractivity contribution is 0.277. The molecule has 0 unspecified atom stereocenters. The van der Waals surface area contributed by atoms with Crippen molar-refractivity contribution in [3.8, 4) is 11.1 Å². The molecule has 0 atom stereocenters. The topological polar surface area (TPSA) is 82.4 Å². The molecular formula is C25H19NO5S. The second-order valence-corrected chi connectivity index (χ2v) is 9.47. The maximum Gasteiger partial charge on any atom is 0.365 e. The fraction of sp³-hybridized carbons (Fsp3) is 0.0800. The van der Waals surface area contributed by atoms with Crippen molar-refractivity contribution in [3.63, 3.8) is 0 Å². The van der Waals surface area contributed by atoms with Gasteiger partial charge in [0.25, 0.3) is 0 Å². The van der Waals surface area contributed by atoms with Crippen molar-refractivity contribution in [3.05, 3.63) is 113 Å². The Bertz CT molecular complexity index is 1530. The number of hydrogen-bond donors (Lipinski definition) is 0. The molecule has 0 bridgehead atoms. The number of fused-ring (bicyclic) bond motifs is 1. The van der Waals surface area contributed by atoms with E-state index in [9.17, 15) is 13.2 Å². The molecule has 5 aromatic rings. The molecule has 32 heavy (non-hydrogen) atoms. The van der Waals surface area contributed by atoms with Crippen molar-refractivity contribution >= 4 is 20.7 Å². The van der Waals surface area contributed by atoms with Crippen LogP contribution in [0.4, 0.5) is 0 Å². The molecular weight excluding hydrogens is 426 g/mol. The molecule has 0 spiro atoms. The van der Waals surface area contributed by atoms with Crippen molar-refractivity contribution in [2.45, 2.75) is 17.2 Å². The molecule has 0 radical (unpaired) electrons. The van der Waals surface area contributed by atoms with Gasteiger partial charge in [0, 0.05) is 11.1 Å². The van der Waals surface area contributed by atoms with E-state index < -0.39 is 15.5 Å². The number of nitrogens with zero attached hydrogens (tertiary/aromatic N) is 1. The fourth-order valence-corrected chi connectivity index (χ4v) is 5.25. The van der Waals surface area contributed by atoms with Gasteiger partial charge < -0.3 is 8.94 Å². The number of aromatic nitrogens is 1. The van der Waals surface area contributed by atoms with Gasteiger partial charge in [-0.05, 0) is 29.3 Å². The third-order valence-electron chi connectivity index (χ3n) is 5.36. The molecule has 0 fully saturated rings. The zero-order chi connectivity index (χ0) is 22.1. The first-order chi connectivity index (χ1) is 15.5. The van der Waals surface area contributed by atoms with Gasteiger partial charge in [-0.2, -0.15) is 0 Å². The Morgan fingerprint density at radius 2 is 1.56 bits per heavy atom. The first-order valence-corrected chi connectivity index (χ1v) is 11.7.